The van der Waals surface area contributed by atoms with E-state index in [2.05, 4.69) is 53.8 Å². The van der Waals surface area contributed by atoms with Crippen LogP contribution in [-0.4, -0.2) is 138 Å². The summed E-state index contributed by atoms with van der Waals surface area (Å²) in [5.74, 6) is -0.706. The number of hydrogen-bond donors (Lipinski definition) is 2. The van der Waals surface area contributed by atoms with Crippen molar-refractivity contribution in [3.63, 3.8) is 0 Å². The van der Waals surface area contributed by atoms with Crippen LogP contribution in [0.5, 0.6) is 0 Å². The zero-order valence-corrected chi connectivity index (χ0v) is 52.1. The van der Waals surface area contributed by atoms with Crippen LogP contribution in [0.3, 0.4) is 0 Å². The molecule has 0 aromatic heterocycles. The minimum absolute atomic E-state index is 0. The number of ketones is 1. The number of rotatable bonds is 21. The Labute approximate surface area is 546 Å². The highest BCUT2D eigenvalue weighted by Gasteiger charge is 2.49. The molecule has 2 N–H and O–H groups in total. The molecule has 0 spiro atoms. The van der Waals surface area contributed by atoms with E-state index in [1.807, 2.05) is 146 Å². The Bertz CT molecular complexity index is 3250. The first kappa shape index (κ1) is 79.9. The molecule has 20 nitrogen and oxygen atoms in total. The molecule has 0 aliphatic carbocycles. The molecule has 9 rings (SSSR count). The monoisotopic (exact) mass is 1300 g/mol. The molecule has 7 aromatic carbocycles. The number of carbonyl (C=O) groups is 3. The van der Waals surface area contributed by atoms with Gasteiger partial charge in [-0.25, -0.2) is 0 Å². The van der Waals surface area contributed by atoms with E-state index in [1.54, 1.807) is 52.7 Å². The Kier molecular flexibility index (Phi) is 40.3. The van der Waals surface area contributed by atoms with Gasteiger partial charge in [0.05, 0.1) is 37.3 Å². The maximum absolute atomic E-state index is 12.8. The van der Waals surface area contributed by atoms with Crippen LogP contribution in [0.15, 0.2) is 212 Å². The van der Waals surface area contributed by atoms with E-state index >= 15 is 0 Å². The van der Waals surface area contributed by atoms with Gasteiger partial charge in [-0.2, -0.15) is 38.4 Å². The van der Waals surface area contributed by atoms with Crippen LogP contribution in [-0.2, 0) is 93.9 Å². The lowest BCUT2D eigenvalue weighted by molar-refractivity contribution is -0.244. The molecule has 4 unspecified atom stereocenters. The van der Waals surface area contributed by atoms with Gasteiger partial charge in [0.1, 0.15) is 18.8 Å². The molecule has 12 atom stereocenters. The normalized spacial score (nSPS) is 20.2. The van der Waals surface area contributed by atoms with E-state index in [1.165, 1.54) is 0 Å². The lowest BCUT2D eigenvalue weighted by Crippen LogP contribution is -2.52. The lowest BCUT2D eigenvalue weighted by Gasteiger charge is -2.46. The number of Topliss-reactive ketones (excluding diaryl/α,β-unsaturated/α-hetero) is 1. The molecule has 492 valence electrons. The Hall–Kier alpha value is -9.16. The Morgan fingerprint density at radius 3 is 1.12 bits per heavy atom. The average Bonchev–Trinajstić information content (AvgIpc) is 0.795. The van der Waals surface area contributed by atoms with Gasteiger partial charge in [0.2, 0.25) is 5.24 Å². The number of aliphatic hydroxyl groups is 1. The third kappa shape index (κ3) is 26.5. The molecule has 2 saturated heterocycles. The first-order chi connectivity index (χ1) is 44.7. The number of nitrogens with one attached hydrogen (secondary N) is 1. The van der Waals surface area contributed by atoms with Crippen molar-refractivity contribution in [2.24, 2.45) is 5.92 Å². The number of esters is 1. The Morgan fingerprint density at radius 1 is 0.473 bits per heavy atom. The molecule has 0 radical (unpaired) electrons. The number of benzene rings is 7. The summed E-state index contributed by atoms with van der Waals surface area (Å²) >= 11 is 5.61. The van der Waals surface area contributed by atoms with Crippen molar-refractivity contribution in [2.75, 3.05) is 48.2 Å². The van der Waals surface area contributed by atoms with Crippen LogP contribution in [0.1, 0.15) is 81.8 Å². The number of ether oxygens (including phenoxy) is 7. The standard InChI is InChI=1S/C30H34O5.C20H24O4.C17H16ClNO2.4CO2.CH4/c1-21(19-22-13-7-4-8-14-22)29(31)34-20-25-28(32-2)26(23-15-9-5-10-16-23)27(30(33-3)35-25)24-17-11-6-12-18-24;1-22-19-16(13-21)24-20(23-2)18(15-11-7-4-8-12-15)17(19)14-9-5-3-6-10-14;18-17(21)15(11-13-7-3-1-4-8-13)19-12-16(20)14-9-5-2-6-10-14;4*2-1-3;/h4-18,21,25-28,30H,19-20H2,1-3H3;3-12,16-21H,13H2,1-2H3;1-10,15,19H,11-12H2;;;;;1H4/t21-,25?,26+,27?,28+,30+;16?,17-,18?,19-,20-;15-;;;;;/m010...../s1. The first-order valence-corrected chi connectivity index (χ1v) is 29.1. The fourth-order valence-corrected chi connectivity index (χ4v) is 10.9. The van der Waals surface area contributed by atoms with Crippen LogP contribution in [0.25, 0.3) is 0 Å². The number of methoxy groups -OCH3 is 4. The van der Waals surface area contributed by atoms with Gasteiger partial charge < -0.3 is 38.3 Å². The predicted octanol–water partition coefficient (Wildman–Crippen LogP) is 9.43. The van der Waals surface area contributed by atoms with E-state index in [0.717, 1.165) is 33.4 Å². The van der Waals surface area contributed by atoms with E-state index in [0.29, 0.717) is 18.4 Å². The number of aliphatic hydroxyl groups excluding tert-OH is 1. The minimum Gasteiger partial charge on any atom is -0.463 e. The molecule has 0 bridgehead atoms. The first-order valence-electron chi connectivity index (χ1n) is 28.7. The molecule has 0 saturated carbocycles. The van der Waals surface area contributed by atoms with Crippen molar-refractivity contribution in [2.45, 2.75) is 93.9 Å². The van der Waals surface area contributed by atoms with E-state index in [9.17, 15) is 19.5 Å². The molecule has 2 heterocycles. The fourth-order valence-electron chi connectivity index (χ4n) is 10.8. The van der Waals surface area contributed by atoms with Crippen LogP contribution < -0.4 is 5.32 Å². The molecule has 93 heavy (non-hydrogen) atoms. The van der Waals surface area contributed by atoms with Crippen molar-refractivity contribution in [1.82, 2.24) is 5.32 Å². The van der Waals surface area contributed by atoms with Crippen LogP contribution in [0, 0.1) is 5.92 Å². The second-order valence-electron chi connectivity index (χ2n) is 20.2. The van der Waals surface area contributed by atoms with Gasteiger partial charge in [-0.1, -0.05) is 227 Å². The fraction of sp³-hybridized carbons (Fsp3) is 0.319. The van der Waals surface area contributed by atoms with Crippen molar-refractivity contribution < 1.29 is 91.0 Å². The van der Waals surface area contributed by atoms with Crippen molar-refractivity contribution >= 4 is 53.2 Å². The number of halogens is 1. The van der Waals surface area contributed by atoms with Gasteiger partial charge in [0.25, 0.3) is 0 Å². The van der Waals surface area contributed by atoms with E-state index < -0.39 is 36.1 Å². The molecule has 2 aliphatic rings. The lowest BCUT2D eigenvalue weighted by atomic mass is 9.74. The zero-order chi connectivity index (χ0) is 67.5. The van der Waals surface area contributed by atoms with Gasteiger partial charge in [-0.3, -0.25) is 19.7 Å². The van der Waals surface area contributed by atoms with Gasteiger partial charge in [0, 0.05) is 57.7 Å². The van der Waals surface area contributed by atoms with Crippen molar-refractivity contribution in [3.8, 4) is 0 Å². The molecule has 2 aliphatic heterocycles. The Balaban J connectivity index is 0.000000447. The molecule has 7 aromatic rings. The Morgan fingerprint density at radius 2 is 0.785 bits per heavy atom. The highest BCUT2D eigenvalue weighted by molar-refractivity contribution is 6.64. The molecule has 21 heteroatoms. The maximum Gasteiger partial charge on any atom is 0.373 e. The van der Waals surface area contributed by atoms with Crippen LogP contribution >= 0.6 is 11.6 Å². The highest BCUT2D eigenvalue weighted by Crippen LogP contribution is 2.47. The third-order valence-corrected chi connectivity index (χ3v) is 14.9. The maximum atomic E-state index is 12.8. The summed E-state index contributed by atoms with van der Waals surface area (Å²) in [7, 11) is 6.65. The van der Waals surface area contributed by atoms with Crippen molar-refractivity contribution in [3.05, 3.63) is 251 Å². The summed E-state index contributed by atoms with van der Waals surface area (Å²) in [6.07, 6.45) is -0.345. The molecule has 2 fully saturated rings. The third-order valence-electron chi connectivity index (χ3n) is 14.7. The topological polar surface area (TPSA) is 285 Å². The van der Waals surface area contributed by atoms with E-state index in [4.69, 9.17) is 83.1 Å². The number of hydrogen-bond acceptors (Lipinski definition) is 20. The predicted molar refractivity (Wildman–Crippen MR) is 337 cm³/mol. The number of carbonyl (C=O) groups excluding carboxylic acids is 11. The second kappa shape index (κ2) is 46.8. The summed E-state index contributed by atoms with van der Waals surface area (Å²) in [6.45, 7) is 1.96. The summed E-state index contributed by atoms with van der Waals surface area (Å²) in [4.78, 5) is 101. The summed E-state index contributed by atoms with van der Waals surface area (Å²) in [5.41, 5.74) is 7.25. The van der Waals surface area contributed by atoms with Gasteiger partial charge >= 0.3 is 30.6 Å². The highest BCUT2D eigenvalue weighted by atomic mass is 35.5. The van der Waals surface area contributed by atoms with E-state index in [-0.39, 0.29) is 105 Å². The minimum atomic E-state index is -0.568. The molecular weight excluding hydrogens is 1220 g/mol. The molecular formula is C72H78ClNO19. The van der Waals surface area contributed by atoms with Crippen LogP contribution in [0.2, 0.25) is 0 Å². The second-order valence-corrected chi connectivity index (χ2v) is 20.5. The molecule has 0 amide bonds. The smallest absolute Gasteiger partial charge is 0.373 e. The zero-order valence-electron chi connectivity index (χ0n) is 51.3. The van der Waals surface area contributed by atoms with Crippen LogP contribution in [0.4, 0.5) is 0 Å². The van der Waals surface area contributed by atoms with Gasteiger partial charge in [0.15, 0.2) is 18.4 Å². The quantitative estimate of drug-likeness (QED) is 0.0385. The van der Waals surface area contributed by atoms with Gasteiger partial charge in [-0.15, -0.1) is 0 Å². The van der Waals surface area contributed by atoms with Crippen molar-refractivity contribution in [1.29, 1.82) is 0 Å². The summed E-state index contributed by atoms with van der Waals surface area (Å²) < 4.78 is 41.4. The summed E-state index contributed by atoms with van der Waals surface area (Å²) in [5, 5.41) is 12.2. The largest absolute Gasteiger partial charge is 0.463 e. The average molecular weight is 1300 g/mol. The SMILES string of the molecule is C.CO[C@@H]1OC(CO)[C@@H](OC)[C@H](c2ccccc2)C1c1ccccc1.CO[C@@H]1OC(COC(=O)[C@@H](C)Cc2ccccc2)[C@@H](OC)[C@H](c2ccccc2)C1c1ccccc1.O=C(CN[C@@H](Cc1ccccc1)C(=O)Cl)c1ccccc1.O=C=O.O=C=O.O=C=O.O=C=O. The van der Waals surface area contributed by atoms with Gasteiger partial charge in [-0.05, 0) is 57.8 Å². The summed E-state index contributed by atoms with van der Waals surface area (Å²) in [6, 6.07) is 68.9.